The van der Waals surface area contributed by atoms with Gasteiger partial charge in [-0.25, -0.2) is 0 Å². The molecule has 0 N–H and O–H groups in total. The summed E-state index contributed by atoms with van der Waals surface area (Å²) in [6, 6.07) is 1.44. The number of nitrogens with zero attached hydrogens (tertiary/aromatic N) is 2. The van der Waals surface area contributed by atoms with Crippen LogP contribution >= 0.6 is 0 Å². The summed E-state index contributed by atoms with van der Waals surface area (Å²) in [6.45, 7) is 12.8. The van der Waals surface area contributed by atoms with Crippen LogP contribution in [0.2, 0.25) is 0 Å². The summed E-state index contributed by atoms with van der Waals surface area (Å²) in [6.07, 6.45) is 7.00. The third-order valence-corrected chi connectivity index (χ3v) is 5.93. The zero-order chi connectivity index (χ0) is 14.2. The van der Waals surface area contributed by atoms with Gasteiger partial charge in [0, 0.05) is 31.8 Å². The highest BCUT2D eigenvalue weighted by molar-refractivity contribution is 5.01. The van der Waals surface area contributed by atoms with E-state index in [1.165, 1.54) is 51.7 Å². The van der Waals surface area contributed by atoms with Crippen molar-refractivity contribution in [1.82, 2.24) is 9.80 Å². The van der Waals surface area contributed by atoms with Crippen molar-refractivity contribution >= 4 is 0 Å². The molecule has 0 aromatic heterocycles. The Kier molecular flexibility index (Phi) is 4.40. The van der Waals surface area contributed by atoms with Gasteiger partial charge in [-0.15, -0.1) is 0 Å². The number of hydrogen-bond donors (Lipinski definition) is 0. The Balaban J connectivity index is 1.42. The van der Waals surface area contributed by atoms with Gasteiger partial charge < -0.3 is 9.64 Å². The van der Waals surface area contributed by atoms with Crippen LogP contribution in [0.3, 0.4) is 0 Å². The summed E-state index contributed by atoms with van der Waals surface area (Å²) in [5.41, 5.74) is 0.701. The first-order valence-electron chi connectivity index (χ1n) is 8.64. The summed E-state index contributed by atoms with van der Waals surface area (Å²) in [5, 5.41) is 0. The lowest BCUT2D eigenvalue weighted by molar-refractivity contribution is -0.0464. The molecule has 3 fully saturated rings. The van der Waals surface area contributed by atoms with Gasteiger partial charge in [0.15, 0.2) is 0 Å². The number of ether oxygens (including phenoxy) is 1. The molecule has 0 aromatic carbocycles. The highest BCUT2D eigenvalue weighted by Crippen LogP contribution is 2.53. The van der Waals surface area contributed by atoms with Crippen molar-refractivity contribution in [3.05, 3.63) is 0 Å². The van der Waals surface area contributed by atoms with Gasteiger partial charge in [-0.2, -0.15) is 0 Å². The van der Waals surface area contributed by atoms with Crippen LogP contribution in [0, 0.1) is 11.3 Å². The molecule has 3 heteroatoms. The maximum absolute atomic E-state index is 5.59. The van der Waals surface area contributed by atoms with Crippen LogP contribution in [0.1, 0.15) is 52.9 Å². The molecule has 3 aliphatic rings. The Morgan fingerprint density at radius 1 is 1.15 bits per heavy atom. The smallest absolute Gasteiger partial charge is 0.0992 e. The summed E-state index contributed by atoms with van der Waals surface area (Å²) in [4.78, 5) is 5.21. The first-order chi connectivity index (χ1) is 9.58. The molecule has 2 saturated heterocycles. The standard InChI is InChI=1S/C17H32N2O/c1-14(2)18-7-5-17(12-18)10-16(11-17)9-15(3)19-6-4-8-20-13-19/h14-16H,4-13H2,1-3H3. The lowest BCUT2D eigenvalue weighted by atomic mass is 9.60. The Hall–Kier alpha value is -0.120. The largest absolute Gasteiger partial charge is 0.366 e. The minimum Gasteiger partial charge on any atom is -0.366 e. The molecule has 3 nitrogen and oxygen atoms in total. The zero-order valence-corrected chi connectivity index (χ0v) is 13.6. The minimum absolute atomic E-state index is 0.701. The van der Waals surface area contributed by atoms with Crippen molar-refractivity contribution in [2.75, 3.05) is 33.0 Å². The van der Waals surface area contributed by atoms with E-state index in [4.69, 9.17) is 4.74 Å². The van der Waals surface area contributed by atoms with E-state index in [1.807, 2.05) is 0 Å². The van der Waals surface area contributed by atoms with E-state index in [2.05, 4.69) is 30.6 Å². The van der Waals surface area contributed by atoms with E-state index >= 15 is 0 Å². The van der Waals surface area contributed by atoms with Crippen LogP contribution in [0.4, 0.5) is 0 Å². The predicted molar refractivity (Wildman–Crippen MR) is 82.7 cm³/mol. The third-order valence-electron chi connectivity index (χ3n) is 5.93. The van der Waals surface area contributed by atoms with E-state index < -0.39 is 0 Å². The second kappa shape index (κ2) is 5.94. The monoisotopic (exact) mass is 280 g/mol. The Bertz CT molecular complexity index is 319. The molecular formula is C17H32N2O. The van der Waals surface area contributed by atoms with Crippen molar-refractivity contribution in [2.45, 2.75) is 65.0 Å². The molecule has 20 heavy (non-hydrogen) atoms. The fourth-order valence-electron chi connectivity index (χ4n) is 4.67. The molecule has 0 radical (unpaired) electrons. The average molecular weight is 280 g/mol. The van der Waals surface area contributed by atoms with Crippen molar-refractivity contribution < 1.29 is 4.74 Å². The van der Waals surface area contributed by atoms with Gasteiger partial charge in [0.2, 0.25) is 0 Å². The summed E-state index contributed by atoms with van der Waals surface area (Å²) < 4.78 is 5.59. The molecule has 2 aliphatic heterocycles. The molecule has 1 aliphatic carbocycles. The molecule has 2 heterocycles. The maximum atomic E-state index is 5.59. The van der Waals surface area contributed by atoms with E-state index in [0.29, 0.717) is 11.5 Å². The van der Waals surface area contributed by atoms with Gasteiger partial charge in [0.1, 0.15) is 0 Å². The van der Waals surface area contributed by atoms with Gasteiger partial charge in [-0.1, -0.05) is 0 Å². The summed E-state index contributed by atoms with van der Waals surface area (Å²) in [7, 11) is 0. The molecule has 1 saturated carbocycles. The Morgan fingerprint density at radius 2 is 1.95 bits per heavy atom. The van der Waals surface area contributed by atoms with Crippen molar-refractivity contribution in [3.8, 4) is 0 Å². The lowest BCUT2D eigenvalue weighted by Gasteiger charge is -2.47. The fourth-order valence-corrected chi connectivity index (χ4v) is 4.67. The third kappa shape index (κ3) is 3.05. The Morgan fingerprint density at radius 3 is 2.55 bits per heavy atom. The van der Waals surface area contributed by atoms with E-state index in [1.54, 1.807) is 0 Å². The molecular weight excluding hydrogens is 248 g/mol. The molecule has 1 spiro atoms. The van der Waals surface area contributed by atoms with Gasteiger partial charge in [0.25, 0.3) is 0 Å². The summed E-state index contributed by atoms with van der Waals surface area (Å²) >= 11 is 0. The fraction of sp³-hybridized carbons (Fsp3) is 1.00. The lowest BCUT2D eigenvalue weighted by Crippen LogP contribution is -2.45. The van der Waals surface area contributed by atoms with Crippen LogP contribution in [-0.4, -0.2) is 54.9 Å². The first kappa shape index (κ1) is 14.8. The first-order valence-corrected chi connectivity index (χ1v) is 8.64. The van der Waals surface area contributed by atoms with E-state index in [0.717, 1.165) is 25.3 Å². The van der Waals surface area contributed by atoms with Crippen LogP contribution in [0.25, 0.3) is 0 Å². The van der Waals surface area contributed by atoms with Crippen LogP contribution in [0.5, 0.6) is 0 Å². The molecule has 1 unspecified atom stereocenters. The van der Waals surface area contributed by atoms with E-state index in [9.17, 15) is 0 Å². The molecule has 0 bridgehead atoms. The topological polar surface area (TPSA) is 15.7 Å². The van der Waals surface area contributed by atoms with Gasteiger partial charge in [-0.3, -0.25) is 4.90 Å². The van der Waals surface area contributed by atoms with Crippen molar-refractivity contribution in [1.29, 1.82) is 0 Å². The van der Waals surface area contributed by atoms with Gasteiger partial charge >= 0.3 is 0 Å². The van der Waals surface area contributed by atoms with Gasteiger partial charge in [0.05, 0.1) is 6.73 Å². The maximum Gasteiger partial charge on any atom is 0.0992 e. The van der Waals surface area contributed by atoms with Crippen LogP contribution < -0.4 is 0 Å². The zero-order valence-electron chi connectivity index (χ0n) is 13.6. The summed E-state index contributed by atoms with van der Waals surface area (Å²) in [5.74, 6) is 0.971. The normalized spacial score (nSPS) is 37.5. The highest BCUT2D eigenvalue weighted by atomic mass is 16.5. The molecule has 0 aromatic rings. The highest BCUT2D eigenvalue weighted by Gasteiger charge is 2.48. The second-order valence-corrected chi connectivity index (χ2v) is 7.88. The molecule has 116 valence electrons. The van der Waals surface area contributed by atoms with Crippen LogP contribution in [-0.2, 0) is 4.74 Å². The Labute approximate surface area is 124 Å². The average Bonchev–Trinajstić information content (AvgIpc) is 2.85. The second-order valence-electron chi connectivity index (χ2n) is 7.88. The predicted octanol–water partition coefficient (Wildman–Crippen LogP) is 2.96. The molecule has 1 atom stereocenters. The minimum atomic E-state index is 0.701. The van der Waals surface area contributed by atoms with Gasteiger partial charge in [-0.05, 0) is 70.8 Å². The number of likely N-dealkylation sites (tertiary alicyclic amines) is 1. The molecule has 0 amide bonds. The van der Waals surface area contributed by atoms with Crippen LogP contribution in [0.15, 0.2) is 0 Å². The van der Waals surface area contributed by atoms with E-state index in [-0.39, 0.29) is 0 Å². The molecule has 3 rings (SSSR count). The quantitative estimate of drug-likeness (QED) is 0.787. The number of hydrogen-bond acceptors (Lipinski definition) is 3. The number of rotatable bonds is 4. The van der Waals surface area contributed by atoms with Crippen molar-refractivity contribution in [2.24, 2.45) is 11.3 Å². The van der Waals surface area contributed by atoms with Crippen molar-refractivity contribution in [3.63, 3.8) is 0 Å². The SMILES string of the molecule is CC(C)N1CCC2(CC(CC(C)N3CCCOC3)C2)C1.